The van der Waals surface area contributed by atoms with Gasteiger partial charge in [-0.15, -0.1) is 0 Å². The summed E-state index contributed by atoms with van der Waals surface area (Å²) >= 11 is 0. The van der Waals surface area contributed by atoms with Gasteiger partial charge in [-0.2, -0.15) is 0 Å². The average molecular weight is 601 g/mol. The van der Waals surface area contributed by atoms with E-state index in [1.807, 2.05) is 72.8 Å². The zero-order chi connectivity index (χ0) is 30.7. The normalized spacial score (nSPS) is 11.2. The molecular formula is C33H36N4O5S. The Morgan fingerprint density at radius 1 is 0.791 bits per heavy atom. The molecule has 0 atom stereocenters. The van der Waals surface area contributed by atoms with Gasteiger partial charge in [-0.05, 0) is 64.6 Å². The summed E-state index contributed by atoms with van der Waals surface area (Å²) < 4.78 is 29.0. The van der Waals surface area contributed by atoms with Crippen LogP contribution < -0.4 is 16.2 Å². The highest BCUT2D eigenvalue weighted by Crippen LogP contribution is 2.23. The maximum atomic E-state index is 13.4. The smallest absolute Gasteiger partial charge is 0.251 e. The molecule has 0 aliphatic heterocycles. The third-order valence-corrected chi connectivity index (χ3v) is 7.73. The Morgan fingerprint density at radius 2 is 1.47 bits per heavy atom. The van der Waals surface area contributed by atoms with Crippen LogP contribution in [-0.2, 0) is 39.1 Å². The lowest BCUT2D eigenvalue weighted by atomic mass is 10.0. The monoisotopic (exact) mass is 600 g/mol. The van der Waals surface area contributed by atoms with Gasteiger partial charge in [-0.1, -0.05) is 72.8 Å². The van der Waals surface area contributed by atoms with Crippen LogP contribution in [0.5, 0.6) is 0 Å². The van der Waals surface area contributed by atoms with Crippen LogP contribution in [0.4, 0.5) is 0 Å². The van der Waals surface area contributed by atoms with Crippen LogP contribution in [0.3, 0.4) is 0 Å². The first kappa shape index (κ1) is 31.6. The van der Waals surface area contributed by atoms with Crippen molar-refractivity contribution in [2.45, 2.75) is 24.5 Å². The number of hydrogen-bond donors (Lipinski definition) is 3. The molecule has 10 heteroatoms. The Kier molecular flexibility index (Phi) is 11.2. The predicted molar refractivity (Wildman–Crippen MR) is 166 cm³/mol. The van der Waals surface area contributed by atoms with Crippen LogP contribution in [-0.4, -0.2) is 51.4 Å². The SMILES string of the molecule is NCCNC(=O)c1cccc(-c2cccc(CN(CCc3ccc(S(N)(=O)=O)cc3)C(=O)COCc3ccccc3)c2)c1. The van der Waals surface area contributed by atoms with Crippen molar-refractivity contribution in [1.29, 1.82) is 0 Å². The third kappa shape index (κ3) is 9.59. The van der Waals surface area contributed by atoms with E-state index in [-0.39, 0.29) is 23.3 Å². The average Bonchev–Trinajstić information content (AvgIpc) is 3.02. The summed E-state index contributed by atoms with van der Waals surface area (Å²) in [7, 11) is -3.79. The van der Waals surface area contributed by atoms with E-state index in [9.17, 15) is 18.0 Å². The summed E-state index contributed by atoms with van der Waals surface area (Å²) in [6.45, 7) is 1.73. The second-order valence-electron chi connectivity index (χ2n) is 10.1. The Hall–Kier alpha value is -4.35. The van der Waals surface area contributed by atoms with E-state index in [1.165, 1.54) is 12.1 Å². The van der Waals surface area contributed by atoms with Gasteiger partial charge in [0, 0.05) is 31.7 Å². The highest BCUT2D eigenvalue weighted by Gasteiger charge is 2.16. The Bertz CT molecular complexity index is 1630. The van der Waals surface area contributed by atoms with Crippen molar-refractivity contribution in [3.63, 3.8) is 0 Å². The first-order chi connectivity index (χ1) is 20.7. The lowest BCUT2D eigenvalue weighted by Gasteiger charge is -2.23. The maximum absolute atomic E-state index is 13.4. The molecule has 0 spiro atoms. The van der Waals surface area contributed by atoms with Gasteiger partial charge in [0.2, 0.25) is 15.9 Å². The minimum atomic E-state index is -3.79. The number of ether oxygens (including phenoxy) is 1. The van der Waals surface area contributed by atoms with Gasteiger partial charge in [0.05, 0.1) is 11.5 Å². The molecule has 0 saturated carbocycles. The second kappa shape index (κ2) is 15.2. The van der Waals surface area contributed by atoms with E-state index < -0.39 is 10.0 Å². The van der Waals surface area contributed by atoms with Crippen molar-refractivity contribution in [1.82, 2.24) is 10.2 Å². The predicted octanol–water partition coefficient (Wildman–Crippen LogP) is 3.48. The zero-order valence-electron chi connectivity index (χ0n) is 23.8. The van der Waals surface area contributed by atoms with Gasteiger partial charge in [-0.25, -0.2) is 13.6 Å². The molecular weight excluding hydrogens is 564 g/mol. The number of nitrogens with two attached hydrogens (primary N) is 2. The van der Waals surface area contributed by atoms with E-state index >= 15 is 0 Å². The largest absolute Gasteiger partial charge is 0.367 e. The third-order valence-electron chi connectivity index (χ3n) is 6.80. The minimum Gasteiger partial charge on any atom is -0.367 e. The number of hydrogen-bond acceptors (Lipinski definition) is 6. The number of nitrogens with one attached hydrogen (secondary N) is 1. The van der Waals surface area contributed by atoms with Gasteiger partial charge in [0.15, 0.2) is 0 Å². The molecule has 0 unspecified atom stereocenters. The quantitative estimate of drug-likeness (QED) is 0.202. The van der Waals surface area contributed by atoms with Crippen LogP contribution >= 0.6 is 0 Å². The number of nitrogens with zero attached hydrogens (tertiary/aromatic N) is 1. The molecule has 0 aliphatic rings. The van der Waals surface area contributed by atoms with E-state index in [2.05, 4.69) is 5.32 Å². The molecule has 5 N–H and O–H groups in total. The summed E-state index contributed by atoms with van der Waals surface area (Å²) in [5.74, 6) is -0.353. The van der Waals surface area contributed by atoms with Crippen LogP contribution in [0.25, 0.3) is 11.1 Å². The molecule has 224 valence electrons. The molecule has 2 amide bonds. The van der Waals surface area contributed by atoms with Crippen LogP contribution in [0, 0.1) is 0 Å². The highest BCUT2D eigenvalue weighted by molar-refractivity contribution is 7.89. The van der Waals surface area contributed by atoms with Gasteiger partial charge < -0.3 is 20.7 Å². The molecule has 0 aliphatic carbocycles. The molecule has 0 bridgehead atoms. The molecule has 0 heterocycles. The molecule has 0 radical (unpaired) electrons. The summed E-state index contributed by atoms with van der Waals surface area (Å²) in [5.41, 5.74) is 10.6. The lowest BCUT2D eigenvalue weighted by Crippen LogP contribution is -2.35. The van der Waals surface area contributed by atoms with Crippen LogP contribution in [0.15, 0.2) is 108 Å². The molecule has 0 aromatic heterocycles. The van der Waals surface area contributed by atoms with Crippen LogP contribution in [0.2, 0.25) is 0 Å². The van der Waals surface area contributed by atoms with Gasteiger partial charge >= 0.3 is 0 Å². The van der Waals surface area contributed by atoms with E-state index in [1.54, 1.807) is 23.1 Å². The molecule has 9 nitrogen and oxygen atoms in total. The van der Waals surface area contributed by atoms with Crippen molar-refractivity contribution in [3.05, 3.63) is 125 Å². The zero-order valence-corrected chi connectivity index (χ0v) is 24.6. The Balaban J connectivity index is 1.49. The maximum Gasteiger partial charge on any atom is 0.251 e. The number of carbonyl (C=O) groups is 2. The number of amides is 2. The van der Waals surface area contributed by atoms with Gasteiger partial charge in [0.25, 0.3) is 5.91 Å². The molecule has 0 saturated heterocycles. The fraction of sp³-hybridized carbons (Fsp3) is 0.212. The van der Waals surface area contributed by atoms with Crippen molar-refractivity contribution >= 4 is 21.8 Å². The van der Waals surface area contributed by atoms with Crippen molar-refractivity contribution in [2.24, 2.45) is 10.9 Å². The standard InChI is InChI=1S/C33H36N4O5S/c34-17-18-36-33(39)30-11-5-10-29(21-30)28-9-4-8-27(20-28)22-37(32(38)24-42-23-26-6-2-1-3-7-26)19-16-25-12-14-31(15-13-25)43(35,40)41/h1-15,20-21H,16-19,22-24,34H2,(H,36,39)(H2,35,40,41). The summed E-state index contributed by atoms with van der Waals surface area (Å²) in [6.07, 6.45) is 0.509. The summed E-state index contributed by atoms with van der Waals surface area (Å²) in [5, 5.41) is 8.01. The fourth-order valence-corrected chi connectivity index (χ4v) is 5.04. The van der Waals surface area contributed by atoms with E-state index in [4.69, 9.17) is 15.6 Å². The first-order valence-electron chi connectivity index (χ1n) is 13.9. The fourth-order valence-electron chi connectivity index (χ4n) is 4.52. The van der Waals surface area contributed by atoms with E-state index in [0.717, 1.165) is 27.8 Å². The molecule has 0 fully saturated rings. The van der Waals surface area contributed by atoms with E-state index in [0.29, 0.717) is 44.8 Å². The highest BCUT2D eigenvalue weighted by atomic mass is 32.2. The lowest BCUT2D eigenvalue weighted by molar-refractivity contribution is -0.137. The topological polar surface area (TPSA) is 145 Å². The summed E-state index contributed by atoms with van der Waals surface area (Å²) in [4.78, 5) is 27.6. The Morgan fingerprint density at radius 3 is 2.16 bits per heavy atom. The van der Waals surface area contributed by atoms with Crippen molar-refractivity contribution < 1.29 is 22.7 Å². The van der Waals surface area contributed by atoms with Crippen molar-refractivity contribution in [3.8, 4) is 11.1 Å². The Labute approximate surface area is 252 Å². The molecule has 4 aromatic carbocycles. The molecule has 43 heavy (non-hydrogen) atoms. The number of primary sulfonamides is 1. The molecule has 4 rings (SSSR count). The second-order valence-corrected chi connectivity index (χ2v) is 11.6. The van der Waals surface area contributed by atoms with Crippen LogP contribution in [0.1, 0.15) is 27.0 Å². The van der Waals surface area contributed by atoms with Crippen molar-refractivity contribution in [2.75, 3.05) is 26.2 Å². The number of rotatable bonds is 14. The number of sulfonamides is 1. The molecule has 4 aromatic rings. The number of benzene rings is 4. The van der Waals surface area contributed by atoms with Gasteiger partial charge in [-0.3, -0.25) is 9.59 Å². The summed E-state index contributed by atoms with van der Waals surface area (Å²) in [6, 6.07) is 31.2. The number of carbonyl (C=O) groups excluding carboxylic acids is 2. The van der Waals surface area contributed by atoms with Gasteiger partial charge in [0.1, 0.15) is 6.61 Å². The first-order valence-corrected chi connectivity index (χ1v) is 15.5. The minimum absolute atomic E-state index is 0.0382.